The molecule has 1 aliphatic rings. The van der Waals surface area contributed by atoms with Crippen LogP contribution in [-0.2, 0) is 17.6 Å². The highest BCUT2D eigenvalue weighted by atomic mass is 16.5. The second-order valence-electron chi connectivity index (χ2n) is 6.82. The molecule has 1 N–H and O–H groups in total. The molecule has 1 unspecified atom stereocenters. The second kappa shape index (κ2) is 6.83. The SMILES string of the molecule is CCOc1ccc(NC(=O)C2CCc3nc4cc(C)ccn4c3C2)cc1. The molecular formula is C21H23N3O2. The normalized spacial score (nSPS) is 16.3. The number of aryl methyl sites for hydroxylation is 2. The minimum Gasteiger partial charge on any atom is -0.494 e. The van der Waals surface area contributed by atoms with Gasteiger partial charge in [0.25, 0.3) is 0 Å². The number of anilines is 1. The highest BCUT2D eigenvalue weighted by Gasteiger charge is 2.28. The summed E-state index contributed by atoms with van der Waals surface area (Å²) >= 11 is 0. The largest absolute Gasteiger partial charge is 0.494 e. The van der Waals surface area contributed by atoms with E-state index in [9.17, 15) is 4.79 Å². The number of imidazole rings is 1. The fourth-order valence-corrected chi connectivity index (χ4v) is 3.58. The maximum atomic E-state index is 12.7. The second-order valence-corrected chi connectivity index (χ2v) is 6.82. The van der Waals surface area contributed by atoms with Crippen LogP contribution in [0.1, 0.15) is 30.3 Å². The quantitative estimate of drug-likeness (QED) is 0.780. The third-order valence-electron chi connectivity index (χ3n) is 4.94. The van der Waals surface area contributed by atoms with Gasteiger partial charge in [-0.1, -0.05) is 0 Å². The van der Waals surface area contributed by atoms with Gasteiger partial charge in [-0.15, -0.1) is 0 Å². The van der Waals surface area contributed by atoms with Crippen molar-refractivity contribution in [3.63, 3.8) is 0 Å². The summed E-state index contributed by atoms with van der Waals surface area (Å²) in [6.07, 6.45) is 4.46. The summed E-state index contributed by atoms with van der Waals surface area (Å²) in [5.41, 5.74) is 5.27. The summed E-state index contributed by atoms with van der Waals surface area (Å²) < 4.78 is 7.56. The van der Waals surface area contributed by atoms with Crippen LogP contribution in [0.2, 0.25) is 0 Å². The molecule has 134 valence electrons. The molecule has 0 bridgehead atoms. The predicted octanol–water partition coefficient (Wildman–Crippen LogP) is 3.79. The number of amides is 1. The molecule has 5 heteroatoms. The standard InChI is InChI=1S/C21H23N3O2/c1-3-26-17-7-5-16(6-8-17)22-21(25)15-4-9-18-19(13-15)24-11-10-14(2)12-20(24)23-18/h5-8,10-12,15H,3-4,9,13H2,1-2H3,(H,22,25). The van der Waals surface area contributed by atoms with Crippen LogP contribution in [0.3, 0.4) is 0 Å². The smallest absolute Gasteiger partial charge is 0.227 e. The zero-order chi connectivity index (χ0) is 18.1. The molecule has 1 aliphatic carbocycles. The molecule has 3 aromatic rings. The Morgan fingerprint density at radius 2 is 2.12 bits per heavy atom. The van der Waals surface area contributed by atoms with Crippen LogP contribution in [-0.4, -0.2) is 21.9 Å². The number of fused-ring (bicyclic) bond motifs is 3. The van der Waals surface area contributed by atoms with Gasteiger partial charge in [0.2, 0.25) is 5.91 Å². The number of hydrogen-bond acceptors (Lipinski definition) is 3. The van der Waals surface area contributed by atoms with Crippen LogP contribution in [0.25, 0.3) is 5.65 Å². The van der Waals surface area contributed by atoms with Crippen molar-refractivity contribution in [2.45, 2.75) is 33.1 Å². The van der Waals surface area contributed by atoms with Crippen molar-refractivity contribution in [3.05, 3.63) is 59.5 Å². The van der Waals surface area contributed by atoms with Gasteiger partial charge in [0, 0.05) is 29.9 Å². The van der Waals surface area contributed by atoms with Gasteiger partial charge < -0.3 is 14.5 Å². The topological polar surface area (TPSA) is 55.6 Å². The molecule has 1 atom stereocenters. The van der Waals surface area contributed by atoms with Crippen LogP contribution in [0.4, 0.5) is 5.69 Å². The first-order valence-corrected chi connectivity index (χ1v) is 9.14. The summed E-state index contributed by atoms with van der Waals surface area (Å²) in [7, 11) is 0. The third-order valence-corrected chi connectivity index (χ3v) is 4.94. The van der Waals surface area contributed by atoms with E-state index in [-0.39, 0.29) is 11.8 Å². The number of pyridine rings is 1. The van der Waals surface area contributed by atoms with Crippen molar-refractivity contribution in [3.8, 4) is 5.75 Å². The Morgan fingerprint density at radius 1 is 1.31 bits per heavy atom. The van der Waals surface area contributed by atoms with Gasteiger partial charge in [-0.3, -0.25) is 4.79 Å². The lowest BCUT2D eigenvalue weighted by Gasteiger charge is -2.21. The lowest BCUT2D eigenvalue weighted by molar-refractivity contribution is -0.120. The first-order chi connectivity index (χ1) is 12.6. The van der Waals surface area contributed by atoms with Gasteiger partial charge in [-0.2, -0.15) is 0 Å². The van der Waals surface area contributed by atoms with Gasteiger partial charge in [-0.05, 0) is 68.7 Å². The van der Waals surface area contributed by atoms with Gasteiger partial charge >= 0.3 is 0 Å². The first-order valence-electron chi connectivity index (χ1n) is 9.14. The molecule has 5 nitrogen and oxygen atoms in total. The number of nitrogens with one attached hydrogen (secondary N) is 1. The summed E-state index contributed by atoms with van der Waals surface area (Å²) in [5.74, 6) is 0.853. The molecule has 2 heterocycles. The highest BCUT2D eigenvalue weighted by molar-refractivity contribution is 5.92. The Labute approximate surface area is 153 Å². The number of carbonyl (C=O) groups excluding carboxylic acids is 1. The summed E-state index contributed by atoms with van der Waals surface area (Å²) in [6, 6.07) is 11.7. The monoisotopic (exact) mass is 349 g/mol. The van der Waals surface area contributed by atoms with Crippen LogP contribution in [0.15, 0.2) is 42.6 Å². The van der Waals surface area contributed by atoms with Crippen molar-refractivity contribution in [2.75, 3.05) is 11.9 Å². The molecule has 1 aromatic carbocycles. The molecule has 0 saturated carbocycles. The fourth-order valence-electron chi connectivity index (χ4n) is 3.58. The average Bonchev–Trinajstić information content (AvgIpc) is 3.00. The van der Waals surface area contributed by atoms with Gasteiger partial charge in [0.1, 0.15) is 11.4 Å². The molecule has 0 saturated heterocycles. The van der Waals surface area contributed by atoms with Crippen LogP contribution in [0.5, 0.6) is 5.75 Å². The lowest BCUT2D eigenvalue weighted by atomic mass is 9.89. The molecule has 4 rings (SSSR count). The van der Waals surface area contributed by atoms with E-state index in [4.69, 9.17) is 9.72 Å². The van der Waals surface area contributed by atoms with E-state index in [1.54, 1.807) is 0 Å². The van der Waals surface area contributed by atoms with Crippen molar-refractivity contribution >= 4 is 17.2 Å². The first kappa shape index (κ1) is 16.6. The van der Waals surface area contributed by atoms with Crippen molar-refractivity contribution in [1.82, 2.24) is 9.38 Å². The predicted molar refractivity (Wildman–Crippen MR) is 102 cm³/mol. The van der Waals surface area contributed by atoms with Crippen molar-refractivity contribution < 1.29 is 9.53 Å². The Hall–Kier alpha value is -2.82. The average molecular weight is 349 g/mol. The van der Waals surface area contributed by atoms with E-state index in [1.165, 1.54) is 5.56 Å². The maximum Gasteiger partial charge on any atom is 0.227 e. The molecule has 26 heavy (non-hydrogen) atoms. The van der Waals surface area contributed by atoms with E-state index in [1.807, 2.05) is 31.2 Å². The molecule has 0 radical (unpaired) electrons. The Bertz CT molecular complexity index is 944. The number of ether oxygens (including phenoxy) is 1. The summed E-state index contributed by atoms with van der Waals surface area (Å²) in [4.78, 5) is 17.5. The van der Waals surface area contributed by atoms with E-state index < -0.39 is 0 Å². The lowest BCUT2D eigenvalue weighted by Crippen LogP contribution is -2.28. The van der Waals surface area contributed by atoms with Crippen molar-refractivity contribution in [1.29, 1.82) is 0 Å². The molecule has 0 aliphatic heterocycles. The summed E-state index contributed by atoms with van der Waals surface area (Å²) in [5, 5.41) is 3.04. The van der Waals surface area contributed by atoms with E-state index in [0.717, 1.165) is 47.7 Å². The van der Waals surface area contributed by atoms with Crippen LogP contribution in [0, 0.1) is 12.8 Å². The zero-order valence-corrected chi connectivity index (χ0v) is 15.2. The molecular weight excluding hydrogens is 326 g/mol. The minimum atomic E-state index is -0.0322. The molecule has 0 fully saturated rings. The third kappa shape index (κ3) is 3.17. The number of hydrogen-bond donors (Lipinski definition) is 1. The van der Waals surface area contributed by atoms with Gasteiger partial charge in [0.15, 0.2) is 0 Å². The summed E-state index contributed by atoms with van der Waals surface area (Å²) in [6.45, 7) is 4.66. The number of nitrogens with zero attached hydrogens (tertiary/aromatic N) is 2. The van der Waals surface area contributed by atoms with Crippen molar-refractivity contribution in [2.24, 2.45) is 5.92 Å². The fraction of sp³-hybridized carbons (Fsp3) is 0.333. The minimum absolute atomic E-state index is 0.0322. The van der Waals surface area contributed by atoms with E-state index in [0.29, 0.717) is 6.61 Å². The Kier molecular flexibility index (Phi) is 4.37. The Balaban J connectivity index is 1.49. The maximum absolute atomic E-state index is 12.7. The molecule has 1 amide bonds. The van der Waals surface area contributed by atoms with E-state index in [2.05, 4.69) is 35.0 Å². The number of aromatic nitrogens is 2. The number of rotatable bonds is 4. The van der Waals surface area contributed by atoms with Gasteiger partial charge in [0.05, 0.1) is 12.3 Å². The number of carbonyl (C=O) groups is 1. The molecule has 2 aromatic heterocycles. The Morgan fingerprint density at radius 3 is 2.88 bits per heavy atom. The zero-order valence-electron chi connectivity index (χ0n) is 15.2. The van der Waals surface area contributed by atoms with Gasteiger partial charge in [-0.25, -0.2) is 4.98 Å². The van der Waals surface area contributed by atoms with Crippen LogP contribution >= 0.6 is 0 Å². The van der Waals surface area contributed by atoms with E-state index >= 15 is 0 Å². The molecule has 0 spiro atoms. The highest BCUT2D eigenvalue weighted by Crippen LogP contribution is 2.28. The van der Waals surface area contributed by atoms with Crippen LogP contribution < -0.4 is 10.1 Å². The number of benzene rings is 1.